The topological polar surface area (TPSA) is 91.8 Å². The number of halogens is 1. The summed E-state index contributed by atoms with van der Waals surface area (Å²) in [4.78, 5) is 23.0. The van der Waals surface area contributed by atoms with Crippen LogP contribution in [0.4, 0.5) is 0 Å². The Balaban J connectivity index is 1.86. The predicted molar refractivity (Wildman–Crippen MR) is 97.0 cm³/mol. The molecule has 0 aliphatic carbocycles. The Kier molecular flexibility index (Phi) is 7.21. The molecule has 0 fully saturated rings. The molecule has 0 saturated carbocycles. The lowest BCUT2D eigenvalue weighted by Crippen LogP contribution is -2.35. The normalized spacial score (nSPS) is 15.2. The summed E-state index contributed by atoms with van der Waals surface area (Å²) in [5.74, 6) is 0.491. The second-order valence-electron chi connectivity index (χ2n) is 5.99. The average molecular weight is 367 g/mol. The number of carbonyl (C=O) groups excluding carboxylic acids is 2. The van der Waals surface area contributed by atoms with Crippen LogP contribution < -0.4 is 20.8 Å². The molecule has 2 amide bonds. The molecule has 7 nitrogen and oxygen atoms in total. The van der Waals surface area contributed by atoms with Crippen molar-refractivity contribution in [1.29, 1.82) is 0 Å². The van der Waals surface area contributed by atoms with Crippen LogP contribution in [0.5, 0.6) is 5.75 Å². The molecule has 2 rings (SSSR count). The van der Waals surface area contributed by atoms with Crippen LogP contribution in [-0.2, 0) is 9.59 Å². The van der Waals surface area contributed by atoms with Gasteiger partial charge in [0, 0.05) is 19.4 Å². The lowest BCUT2D eigenvalue weighted by Gasteiger charge is -2.14. The molecule has 0 saturated heterocycles. The molecule has 0 radical (unpaired) electrons. The van der Waals surface area contributed by atoms with Crippen LogP contribution >= 0.6 is 11.6 Å². The van der Waals surface area contributed by atoms with E-state index < -0.39 is 0 Å². The van der Waals surface area contributed by atoms with Gasteiger partial charge in [0.05, 0.1) is 10.7 Å². The number of nitrogens with zero attached hydrogens (tertiary/aromatic N) is 1. The van der Waals surface area contributed by atoms with Crippen LogP contribution in [0, 0.1) is 5.92 Å². The number of ether oxygens (including phenoxy) is 1. The van der Waals surface area contributed by atoms with E-state index in [1.54, 1.807) is 12.1 Å². The molecule has 1 heterocycles. The van der Waals surface area contributed by atoms with E-state index in [1.807, 2.05) is 20.0 Å². The van der Waals surface area contributed by atoms with Crippen LogP contribution in [0.15, 0.2) is 23.3 Å². The number of nitrogens with one attached hydrogen (secondary N) is 3. The number of benzene rings is 1. The van der Waals surface area contributed by atoms with E-state index in [9.17, 15) is 9.59 Å². The summed E-state index contributed by atoms with van der Waals surface area (Å²) < 4.78 is 5.48. The van der Waals surface area contributed by atoms with Crippen molar-refractivity contribution in [2.24, 2.45) is 11.0 Å². The summed E-state index contributed by atoms with van der Waals surface area (Å²) >= 11 is 6.22. The van der Waals surface area contributed by atoms with Crippen LogP contribution in [0.25, 0.3) is 0 Å². The molecule has 0 bridgehead atoms. The largest absolute Gasteiger partial charge is 0.482 e. The third-order valence-electron chi connectivity index (χ3n) is 3.73. The molecule has 1 aromatic carbocycles. The predicted octanol–water partition coefficient (Wildman–Crippen LogP) is 1.30. The van der Waals surface area contributed by atoms with Crippen LogP contribution in [-0.4, -0.2) is 44.3 Å². The van der Waals surface area contributed by atoms with Gasteiger partial charge >= 0.3 is 0 Å². The highest BCUT2D eigenvalue weighted by atomic mass is 35.5. The van der Waals surface area contributed by atoms with Gasteiger partial charge in [-0.2, -0.15) is 5.10 Å². The van der Waals surface area contributed by atoms with Crippen LogP contribution in [0.3, 0.4) is 0 Å². The van der Waals surface area contributed by atoms with E-state index in [0.717, 1.165) is 17.8 Å². The van der Waals surface area contributed by atoms with E-state index in [-0.39, 0.29) is 18.4 Å². The number of hydrogen-bond donors (Lipinski definition) is 3. The zero-order valence-electron chi connectivity index (χ0n) is 14.4. The molecule has 0 spiro atoms. The Hall–Kier alpha value is -2.12. The standard InChI is InChI=1S/C17H23ClN4O3/c1-11(8-19-2)9-20-17(24)10-25-15-5-3-12(7-13(15)18)14-4-6-16(23)22-21-14/h3,5,7,11,19H,4,6,8-10H2,1-2H3,(H,20,24)(H,22,23). The van der Waals surface area contributed by atoms with E-state index in [1.165, 1.54) is 0 Å². The van der Waals surface area contributed by atoms with Gasteiger partial charge < -0.3 is 15.4 Å². The fraction of sp³-hybridized carbons (Fsp3) is 0.471. The number of hydrogen-bond acceptors (Lipinski definition) is 5. The summed E-state index contributed by atoms with van der Waals surface area (Å²) in [6.45, 7) is 3.37. The average Bonchev–Trinajstić information content (AvgIpc) is 2.60. The lowest BCUT2D eigenvalue weighted by atomic mass is 10.0. The number of amides is 2. The highest BCUT2D eigenvalue weighted by Gasteiger charge is 2.15. The summed E-state index contributed by atoms with van der Waals surface area (Å²) in [5, 5.41) is 10.3. The van der Waals surface area contributed by atoms with E-state index in [0.29, 0.717) is 36.1 Å². The maximum absolute atomic E-state index is 11.8. The Labute approximate surface area is 152 Å². The quantitative estimate of drug-likeness (QED) is 0.646. The van der Waals surface area contributed by atoms with Gasteiger partial charge in [0.2, 0.25) is 5.91 Å². The molecule has 8 heteroatoms. The van der Waals surface area contributed by atoms with Gasteiger partial charge in [-0.05, 0) is 43.3 Å². The highest BCUT2D eigenvalue weighted by molar-refractivity contribution is 6.32. The van der Waals surface area contributed by atoms with E-state index in [4.69, 9.17) is 16.3 Å². The summed E-state index contributed by atoms with van der Waals surface area (Å²) in [6, 6.07) is 5.23. The highest BCUT2D eigenvalue weighted by Crippen LogP contribution is 2.26. The molecule has 3 N–H and O–H groups in total. The molecule has 1 aliphatic heterocycles. The molecule has 0 aromatic heterocycles. The van der Waals surface area contributed by atoms with Crippen molar-refractivity contribution in [2.45, 2.75) is 19.8 Å². The van der Waals surface area contributed by atoms with Crippen molar-refractivity contribution in [3.05, 3.63) is 28.8 Å². The number of carbonyl (C=O) groups is 2. The van der Waals surface area contributed by atoms with Gasteiger partial charge in [0.25, 0.3) is 5.91 Å². The molecular weight excluding hydrogens is 344 g/mol. The van der Waals surface area contributed by atoms with Crippen molar-refractivity contribution >= 4 is 29.1 Å². The van der Waals surface area contributed by atoms with Gasteiger partial charge in [0.15, 0.2) is 6.61 Å². The van der Waals surface area contributed by atoms with Gasteiger partial charge in [-0.3, -0.25) is 9.59 Å². The Bertz CT molecular complexity index is 663. The first-order chi connectivity index (χ1) is 12.0. The fourth-order valence-corrected chi connectivity index (χ4v) is 2.62. The summed E-state index contributed by atoms with van der Waals surface area (Å²) in [5.41, 5.74) is 4.04. The van der Waals surface area contributed by atoms with Crippen molar-refractivity contribution in [3.8, 4) is 5.75 Å². The fourth-order valence-electron chi connectivity index (χ4n) is 2.38. The Morgan fingerprint density at radius 2 is 2.20 bits per heavy atom. The lowest BCUT2D eigenvalue weighted by molar-refractivity contribution is -0.123. The Morgan fingerprint density at radius 1 is 1.40 bits per heavy atom. The monoisotopic (exact) mass is 366 g/mol. The minimum Gasteiger partial charge on any atom is -0.482 e. The van der Waals surface area contributed by atoms with Gasteiger partial charge in [0.1, 0.15) is 5.75 Å². The molecule has 136 valence electrons. The molecule has 1 unspecified atom stereocenters. The van der Waals surface area contributed by atoms with Gasteiger partial charge in [-0.1, -0.05) is 18.5 Å². The minimum absolute atomic E-state index is 0.0927. The van der Waals surface area contributed by atoms with Gasteiger partial charge in [-0.15, -0.1) is 0 Å². The summed E-state index contributed by atoms with van der Waals surface area (Å²) in [7, 11) is 1.87. The Morgan fingerprint density at radius 3 is 2.84 bits per heavy atom. The first-order valence-corrected chi connectivity index (χ1v) is 8.56. The molecule has 1 aromatic rings. The SMILES string of the molecule is CNCC(C)CNC(=O)COc1ccc(C2=NNC(=O)CC2)cc1Cl. The smallest absolute Gasteiger partial charge is 0.257 e. The molecule has 25 heavy (non-hydrogen) atoms. The van der Waals surface area contributed by atoms with Crippen molar-refractivity contribution < 1.29 is 14.3 Å². The minimum atomic E-state index is -0.192. The van der Waals surface area contributed by atoms with E-state index >= 15 is 0 Å². The third kappa shape index (κ3) is 6.03. The number of hydrazone groups is 1. The van der Waals surface area contributed by atoms with Crippen molar-refractivity contribution in [1.82, 2.24) is 16.1 Å². The second kappa shape index (κ2) is 9.39. The van der Waals surface area contributed by atoms with Gasteiger partial charge in [-0.25, -0.2) is 5.43 Å². The van der Waals surface area contributed by atoms with E-state index in [2.05, 4.69) is 21.2 Å². The maximum atomic E-state index is 11.8. The van der Waals surface area contributed by atoms with Crippen LogP contribution in [0.2, 0.25) is 5.02 Å². The van der Waals surface area contributed by atoms with Crippen LogP contribution in [0.1, 0.15) is 25.3 Å². The molecule has 1 aliphatic rings. The zero-order chi connectivity index (χ0) is 18.2. The zero-order valence-corrected chi connectivity index (χ0v) is 15.2. The molecule has 1 atom stereocenters. The number of rotatable bonds is 8. The maximum Gasteiger partial charge on any atom is 0.257 e. The first kappa shape index (κ1) is 19.2. The molecular formula is C17H23ClN4O3. The second-order valence-corrected chi connectivity index (χ2v) is 6.40. The summed E-state index contributed by atoms with van der Waals surface area (Å²) in [6.07, 6.45) is 0.969. The van der Waals surface area contributed by atoms with Crippen molar-refractivity contribution in [3.63, 3.8) is 0 Å². The third-order valence-corrected chi connectivity index (χ3v) is 4.02. The first-order valence-electron chi connectivity index (χ1n) is 8.19. The van der Waals surface area contributed by atoms with Crippen molar-refractivity contribution in [2.75, 3.05) is 26.7 Å².